The first-order chi connectivity index (χ1) is 13.4. The molecule has 7 heteroatoms. The van der Waals surface area contributed by atoms with Crippen molar-refractivity contribution in [3.05, 3.63) is 30.1 Å². The molecule has 3 rings (SSSR count). The molecule has 0 saturated carbocycles. The lowest BCUT2D eigenvalue weighted by Gasteiger charge is -2.43. The van der Waals surface area contributed by atoms with Crippen LogP contribution in [0.4, 0.5) is 0 Å². The second-order valence-electron chi connectivity index (χ2n) is 8.21. The molecular formula is C21H32N4O3. The first kappa shape index (κ1) is 20.6. The predicted octanol–water partition coefficient (Wildman–Crippen LogP) is 2.46. The molecule has 1 aliphatic heterocycles. The van der Waals surface area contributed by atoms with Crippen LogP contribution in [0, 0.1) is 11.3 Å². The van der Waals surface area contributed by atoms with Crippen LogP contribution in [0.15, 0.2) is 24.5 Å². The number of piperidine rings is 1. The molecule has 28 heavy (non-hydrogen) atoms. The van der Waals surface area contributed by atoms with Gasteiger partial charge in [-0.25, -0.2) is 0 Å². The van der Waals surface area contributed by atoms with E-state index < -0.39 is 11.4 Å². The minimum absolute atomic E-state index is 0.203. The molecule has 3 unspecified atom stereocenters. The highest BCUT2D eigenvalue weighted by molar-refractivity contribution is 6.02. The van der Waals surface area contributed by atoms with Crippen LogP contribution in [0.3, 0.4) is 0 Å². The number of aromatic nitrogens is 2. The van der Waals surface area contributed by atoms with Crippen LogP contribution < -0.4 is 0 Å². The summed E-state index contributed by atoms with van der Waals surface area (Å²) in [5.74, 6) is -1.00. The normalized spacial score (nSPS) is 28.2. The number of allylic oxidation sites excluding steroid dienone is 2. The number of carbonyl (C=O) groups excluding carboxylic acids is 1. The Labute approximate surface area is 167 Å². The summed E-state index contributed by atoms with van der Waals surface area (Å²) < 4.78 is 1.82. The van der Waals surface area contributed by atoms with E-state index in [0.29, 0.717) is 19.4 Å². The van der Waals surface area contributed by atoms with E-state index in [1.54, 1.807) is 11.9 Å². The zero-order valence-corrected chi connectivity index (χ0v) is 17.2. The fraction of sp³-hybridized carbons (Fsp3) is 0.667. The first-order valence-corrected chi connectivity index (χ1v) is 10.3. The van der Waals surface area contributed by atoms with Crippen LogP contribution in [0.25, 0.3) is 0 Å². The maximum absolute atomic E-state index is 13.2. The van der Waals surface area contributed by atoms with Crippen LogP contribution >= 0.6 is 0 Å². The van der Waals surface area contributed by atoms with Crippen molar-refractivity contribution in [2.75, 3.05) is 26.7 Å². The van der Waals surface area contributed by atoms with Crippen molar-refractivity contribution in [3.63, 3.8) is 0 Å². The minimum Gasteiger partial charge on any atom is -0.480 e. The van der Waals surface area contributed by atoms with Gasteiger partial charge in [0.1, 0.15) is 5.41 Å². The van der Waals surface area contributed by atoms with Crippen LogP contribution in [0.2, 0.25) is 0 Å². The summed E-state index contributed by atoms with van der Waals surface area (Å²) >= 11 is 0. The Kier molecular flexibility index (Phi) is 6.23. The second kappa shape index (κ2) is 8.47. The van der Waals surface area contributed by atoms with Crippen LogP contribution in [-0.2, 0) is 16.6 Å². The number of hydrogen-bond donors (Lipinski definition) is 1. The monoisotopic (exact) mass is 388 g/mol. The summed E-state index contributed by atoms with van der Waals surface area (Å²) in [5.41, 5.74) is -0.143. The van der Waals surface area contributed by atoms with E-state index in [9.17, 15) is 14.7 Å². The minimum atomic E-state index is -1.31. The summed E-state index contributed by atoms with van der Waals surface area (Å²) in [7, 11) is 3.68. The molecule has 0 aromatic carbocycles. The highest BCUT2D eigenvalue weighted by atomic mass is 16.4. The van der Waals surface area contributed by atoms with E-state index in [4.69, 9.17) is 0 Å². The average Bonchev–Trinajstić information content (AvgIpc) is 3.13. The van der Waals surface area contributed by atoms with Crippen molar-refractivity contribution in [2.24, 2.45) is 18.4 Å². The molecule has 1 aromatic heterocycles. The molecule has 2 aliphatic rings. The van der Waals surface area contributed by atoms with Gasteiger partial charge in [-0.3, -0.25) is 19.2 Å². The quantitative estimate of drug-likeness (QED) is 0.598. The summed E-state index contributed by atoms with van der Waals surface area (Å²) in [6, 6.07) is 0.203. The van der Waals surface area contributed by atoms with E-state index in [1.165, 1.54) is 5.56 Å². The van der Waals surface area contributed by atoms with Gasteiger partial charge in [0.15, 0.2) is 0 Å². The van der Waals surface area contributed by atoms with E-state index >= 15 is 0 Å². The smallest absolute Gasteiger partial charge is 0.319 e. The number of carboxylic acid groups (broad SMARTS) is 1. The molecule has 0 radical (unpaired) electrons. The summed E-state index contributed by atoms with van der Waals surface area (Å²) in [4.78, 5) is 29.3. The third-order valence-corrected chi connectivity index (χ3v) is 6.38. The molecule has 1 amide bonds. The van der Waals surface area contributed by atoms with Crippen molar-refractivity contribution in [1.82, 2.24) is 19.6 Å². The SMILES string of the molecule is CCN1CCCC(CN(C)C(=O)C2(C(=O)O)CC=CCC2)C1c1cnn(C)c1. The number of rotatable bonds is 6. The lowest BCUT2D eigenvalue weighted by atomic mass is 9.75. The standard InChI is InChI=1S/C21H32N4O3/c1-4-25-12-8-9-16(18(25)17-13-22-24(3)15-17)14-23(2)19(26)21(20(27)28)10-6-5-7-11-21/h5-6,13,15-16,18H,4,7-12,14H2,1-3H3,(H,27,28). The largest absolute Gasteiger partial charge is 0.480 e. The topological polar surface area (TPSA) is 78.7 Å². The summed E-state index contributed by atoms with van der Waals surface area (Å²) in [5, 5.41) is 14.2. The van der Waals surface area contributed by atoms with E-state index in [1.807, 2.05) is 30.1 Å². The molecule has 0 bridgehead atoms. The van der Waals surface area contributed by atoms with Gasteiger partial charge in [-0.1, -0.05) is 19.1 Å². The van der Waals surface area contributed by atoms with Crippen LogP contribution in [0.5, 0.6) is 0 Å². The predicted molar refractivity (Wildman–Crippen MR) is 107 cm³/mol. The Bertz CT molecular complexity index is 744. The van der Waals surface area contributed by atoms with Gasteiger partial charge in [0, 0.05) is 38.4 Å². The average molecular weight is 389 g/mol. The van der Waals surface area contributed by atoms with E-state index in [2.05, 4.69) is 23.1 Å². The van der Waals surface area contributed by atoms with Gasteiger partial charge < -0.3 is 10.0 Å². The molecule has 154 valence electrons. The highest BCUT2D eigenvalue weighted by Crippen LogP contribution is 2.38. The zero-order valence-electron chi connectivity index (χ0n) is 17.2. The molecular weight excluding hydrogens is 356 g/mol. The molecule has 1 saturated heterocycles. The van der Waals surface area contributed by atoms with Gasteiger partial charge in [-0.15, -0.1) is 0 Å². The maximum atomic E-state index is 13.2. The Balaban J connectivity index is 1.80. The number of hydrogen-bond acceptors (Lipinski definition) is 4. The fourth-order valence-electron chi connectivity index (χ4n) is 4.89. The van der Waals surface area contributed by atoms with Gasteiger partial charge >= 0.3 is 5.97 Å². The van der Waals surface area contributed by atoms with Gasteiger partial charge in [-0.2, -0.15) is 5.10 Å². The molecule has 0 spiro atoms. The molecule has 3 atom stereocenters. The van der Waals surface area contributed by atoms with Gasteiger partial charge in [0.05, 0.1) is 6.20 Å². The molecule has 1 fully saturated rings. The number of carboxylic acids is 1. The molecule has 1 N–H and O–H groups in total. The van der Waals surface area contributed by atoms with Crippen molar-refractivity contribution in [3.8, 4) is 0 Å². The number of amides is 1. The third kappa shape index (κ3) is 3.85. The molecule has 7 nitrogen and oxygen atoms in total. The summed E-state index contributed by atoms with van der Waals surface area (Å²) in [6.07, 6.45) is 11.2. The Morgan fingerprint density at radius 1 is 1.39 bits per heavy atom. The second-order valence-corrected chi connectivity index (χ2v) is 8.21. The first-order valence-electron chi connectivity index (χ1n) is 10.3. The van der Waals surface area contributed by atoms with Crippen molar-refractivity contribution >= 4 is 11.9 Å². The van der Waals surface area contributed by atoms with E-state index in [-0.39, 0.29) is 24.3 Å². The number of nitrogens with zero attached hydrogens (tertiary/aromatic N) is 4. The number of carbonyl (C=O) groups is 2. The number of aliphatic carboxylic acids is 1. The Morgan fingerprint density at radius 3 is 2.75 bits per heavy atom. The van der Waals surface area contributed by atoms with Gasteiger partial charge in [-0.05, 0) is 51.1 Å². The lowest BCUT2D eigenvalue weighted by Crippen LogP contribution is -2.50. The van der Waals surface area contributed by atoms with Crippen LogP contribution in [-0.4, -0.2) is 63.2 Å². The Hall–Kier alpha value is -2.15. The zero-order chi connectivity index (χ0) is 20.3. The van der Waals surface area contributed by atoms with Gasteiger partial charge in [0.25, 0.3) is 0 Å². The van der Waals surface area contributed by atoms with Crippen molar-refractivity contribution in [1.29, 1.82) is 0 Å². The number of likely N-dealkylation sites (tertiary alicyclic amines) is 1. The molecule has 2 heterocycles. The third-order valence-electron chi connectivity index (χ3n) is 6.38. The van der Waals surface area contributed by atoms with Gasteiger partial charge in [0.2, 0.25) is 5.91 Å². The highest BCUT2D eigenvalue weighted by Gasteiger charge is 2.47. The Morgan fingerprint density at radius 2 is 2.18 bits per heavy atom. The fourth-order valence-corrected chi connectivity index (χ4v) is 4.89. The van der Waals surface area contributed by atoms with Crippen molar-refractivity contribution in [2.45, 2.75) is 45.1 Å². The summed E-state index contributed by atoms with van der Waals surface area (Å²) in [6.45, 7) is 4.70. The molecule has 1 aliphatic carbocycles. The molecule has 1 aromatic rings. The van der Waals surface area contributed by atoms with Crippen LogP contribution in [0.1, 0.15) is 50.6 Å². The van der Waals surface area contributed by atoms with Crippen molar-refractivity contribution < 1.29 is 14.7 Å². The number of aryl methyl sites for hydroxylation is 1. The van der Waals surface area contributed by atoms with E-state index in [0.717, 1.165) is 25.9 Å². The maximum Gasteiger partial charge on any atom is 0.319 e. The lowest BCUT2D eigenvalue weighted by molar-refractivity contribution is -0.161.